The molecule has 0 rings (SSSR count). The smallest absolute Gasteiger partial charge is 0.303 e. The summed E-state index contributed by atoms with van der Waals surface area (Å²) in [6.07, 6.45) is 0. The molecule has 12 N–H and O–H groups in total. The van der Waals surface area contributed by atoms with E-state index in [-0.39, 0.29) is 32.9 Å². The molecule has 0 aromatic rings. The lowest BCUT2D eigenvalue weighted by Crippen LogP contribution is -1.66. The van der Waals surface area contributed by atoms with Gasteiger partial charge < -0.3 is 58.7 Å². The topological polar surface area (TPSA) is 311 Å². The second-order valence-electron chi connectivity index (χ2n) is 2.05. The summed E-state index contributed by atoms with van der Waals surface area (Å²) in [7, 11) is -18.6. The van der Waals surface area contributed by atoms with Gasteiger partial charge in [-0.2, -0.15) is 0 Å². The van der Waals surface area contributed by atoms with E-state index in [1.54, 1.807) is 0 Å². The summed E-state index contributed by atoms with van der Waals surface area (Å²) in [6, 6.07) is 0. The normalized spacial score (nSPS) is 10.3. The Morgan fingerprint density at radius 2 is 0.304 bits per heavy atom. The molecule has 0 aromatic heterocycles. The average molecular weight is 476 g/mol. The van der Waals surface area contributed by atoms with Crippen LogP contribution in [0.4, 0.5) is 0 Å². The monoisotopic (exact) mass is 476 g/mol. The van der Waals surface area contributed by atoms with Crippen LogP contribution in [0.15, 0.2) is 0 Å². The second-order valence-corrected chi connectivity index (χ2v) is 6.16. The second kappa shape index (κ2) is 17.9. The molecule has 0 spiro atoms. The van der Waals surface area contributed by atoms with Gasteiger partial charge in [-0.15, -0.1) is 0 Å². The fourth-order valence-corrected chi connectivity index (χ4v) is 0. The molecule has 0 aliphatic carbocycles. The molecule has 0 saturated heterocycles. The first-order chi connectivity index (χ1) is 8.00. The SMILES string of the molecule is O=P(O)(O)O.O=P(O)(O)O.O=P(O)(O)O.O=P(O)(O)O.[Si].[Si].[Si]. The molecule has 0 fully saturated rings. The van der Waals surface area contributed by atoms with Crippen molar-refractivity contribution in [1.29, 1.82) is 0 Å². The summed E-state index contributed by atoms with van der Waals surface area (Å²) >= 11 is 0. The number of hydrogen-bond acceptors (Lipinski definition) is 4. The van der Waals surface area contributed by atoms with Crippen LogP contribution in [0.1, 0.15) is 0 Å². The van der Waals surface area contributed by atoms with Crippen molar-refractivity contribution in [3.8, 4) is 0 Å². The maximum atomic E-state index is 8.88. The maximum Gasteiger partial charge on any atom is 0.466 e. The fraction of sp³-hybridized carbons (Fsp3) is 0. The minimum absolute atomic E-state index is 0. The molecule has 23 heteroatoms. The number of phosphoric acid groups is 4. The van der Waals surface area contributed by atoms with Gasteiger partial charge in [0.15, 0.2) is 0 Å². The van der Waals surface area contributed by atoms with Crippen LogP contribution in [-0.2, 0) is 18.3 Å². The third kappa shape index (κ3) is 8630. The molecule has 0 saturated carbocycles. The Bertz CT molecular complexity index is 292. The molecule has 23 heavy (non-hydrogen) atoms. The molecule has 0 aliphatic heterocycles. The Labute approximate surface area is 141 Å². The standard InChI is InChI=1S/4H3O4P.3Si/c4*1-5(2,3)4;;;/h4*(H3,1,2,3,4);;;. The molecule has 0 bridgehead atoms. The van der Waals surface area contributed by atoms with Crippen LogP contribution in [0.3, 0.4) is 0 Å². The first-order valence-electron chi connectivity index (χ1n) is 3.13. The largest absolute Gasteiger partial charge is 0.466 e. The van der Waals surface area contributed by atoms with Crippen molar-refractivity contribution in [2.24, 2.45) is 0 Å². The Morgan fingerprint density at radius 1 is 0.304 bits per heavy atom. The molecule has 16 nitrogen and oxygen atoms in total. The predicted octanol–water partition coefficient (Wildman–Crippen LogP) is -4.86. The van der Waals surface area contributed by atoms with Crippen molar-refractivity contribution in [3.63, 3.8) is 0 Å². The molecule has 12 radical (unpaired) electrons. The third-order valence-corrected chi connectivity index (χ3v) is 0. The molecule has 140 valence electrons. The molecule has 0 heterocycles. The zero-order valence-electron chi connectivity index (χ0n) is 10.3. The van der Waals surface area contributed by atoms with Crippen molar-refractivity contribution >= 4 is 64.2 Å². The summed E-state index contributed by atoms with van der Waals surface area (Å²) < 4.78 is 35.5. The van der Waals surface area contributed by atoms with Crippen molar-refractivity contribution in [1.82, 2.24) is 0 Å². The van der Waals surface area contributed by atoms with E-state index in [9.17, 15) is 0 Å². The lowest BCUT2D eigenvalue weighted by molar-refractivity contribution is 0.272. The highest BCUT2D eigenvalue weighted by molar-refractivity contribution is 7.45. The third-order valence-electron chi connectivity index (χ3n) is 0. The van der Waals surface area contributed by atoms with Crippen LogP contribution in [0, 0.1) is 0 Å². The summed E-state index contributed by atoms with van der Waals surface area (Å²) in [5.41, 5.74) is 0. The van der Waals surface area contributed by atoms with Crippen molar-refractivity contribution in [2.75, 3.05) is 0 Å². The minimum Gasteiger partial charge on any atom is -0.303 e. The highest BCUT2D eigenvalue weighted by Crippen LogP contribution is 2.27. The van der Waals surface area contributed by atoms with Crippen LogP contribution in [0.5, 0.6) is 0 Å². The lowest BCUT2D eigenvalue weighted by atomic mass is 15.8. The van der Waals surface area contributed by atoms with Crippen molar-refractivity contribution < 1.29 is 77.0 Å². The molecule has 0 aromatic carbocycles. The van der Waals surface area contributed by atoms with E-state index in [1.165, 1.54) is 0 Å². The van der Waals surface area contributed by atoms with E-state index in [4.69, 9.17) is 77.0 Å². The first-order valence-corrected chi connectivity index (χ1v) is 9.39. The zero-order valence-corrected chi connectivity index (χ0v) is 16.9. The Balaban J connectivity index is -0.0000000284. The quantitative estimate of drug-likeness (QED) is 0.115. The van der Waals surface area contributed by atoms with Gasteiger partial charge in [0.1, 0.15) is 0 Å². The van der Waals surface area contributed by atoms with Gasteiger partial charge in [0.25, 0.3) is 0 Å². The average Bonchev–Trinajstić information content (AvgIpc) is 1.62. The molecule has 0 unspecified atom stereocenters. The predicted molar refractivity (Wildman–Crippen MR) is 74.3 cm³/mol. The fourth-order valence-electron chi connectivity index (χ4n) is 0. The van der Waals surface area contributed by atoms with Gasteiger partial charge in [-0.25, -0.2) is 18.3 Å². The number of rotatable bonds is 0. The number of hydrogen-bond donors (Lipinski definition) is 12. The van der Waals surface area contributed by atoms with Crippen LogP contribution < -0.4 is 0 Å². The summed E-state index contributed by atoms with van der Waals surface area (Å²) in [5.74, 6) is 0. The maximum absolute atomic E-state index is 8.88. The van der Waals surface area contributed by atoms with Gasteiger partial charge in [-0.05, 0) is 0 Å². The van der Waals surface area contributed by atoms with Crippen LogP contribution in [0.25, 0.3) is 0 Å². The molecule has 0 amide bonds. The van der Waals surface area contributed by atoms with Crippen molar-refractivity contribution in [3.05, 3.63) is 0 Å². The first kappa shape index (κ1) is 44.0. The van der Waals surface area contributed by atoms with Gasteiger partial charge in [-0.1, -0.05) is 0 Å². The van der Waals surface area contributed by atoms with Crippen molar-refractivity contribution in [2.45, 2.75) is 0 Å². The Hall–Kier alpha value is 1.09. The van der Waals surface area contributed by atoms with E-state index < -0.39 is 31.3 Å². The lowest BCUT2D eigenvalue weighted by Gasteiger charge is -1.82. The minimum atomic E-state index is -4.64. The molecule has 0 atom stereocenters. The van der Waals surface area contributed by atoms with Gasteiger partial charge >= 0.3 is 31.3 Å². The highest BCUT2D eigenvalue weighted by atomic mass is 31.2. The van der Waals surface area contributed by atoms with E-state index in [0.717, 1.165) is 0 Å². The molecule has 0 aliphatic rings. The Morgan fingerprint density at radius 3 is 0.304 bits per heavy atom. The highest BCUT2D eigenvalue weighted by Gasteiger charge is 2.01. The van der Waals surface area contributed by atoms with E-state index >= 15 is 0 Å². The zero-order chi connectivity index (χ0) is 18.0. The Kier molecular flexibility index (Phi) is 34.2. The van der Waals surface area contributed by atoms with Crippen LogP contribution in [-0.4, -0.2) is 91.6 Å². The van der Waals surface area contributed by atoms with Gasteiger partial charge in [0.2, 0.25) is 0 Å². The van der Waals surface area contributed by atoms with Crippen LogP contribution >= 0.6 is 31.3 Å². The van der Waals surface area contributed by atoms with E-state index in [1.807, 2.05) is 0 Å². The summed E-state index contributed by atoms with van der Waals surface area (Å²) in [5, 5.41) is 0. The van der Waals surface area contributed by atoms with Gasteiger partial charge in [0.05, 0.1) is 0 Å². The van der Waals surface area contributed by atoms with Gasteiger partial charge in [0, 0.05) is 32.9 Å². The van der Waals surface area contributed by atoms with Gasteiger partial charge in [-0.3, -0.25) is 0 Å². The van der Waals surface area contributed by atoms with Crippen LogP contribution in [0.2, 0.25) is 0 Å². The van der Waals surface area contributed by atoms with E-state index in [2.05, 4.69) is 0 Å². The van der Waals surface area contributed by atoms with E-state index in [0.29, 0.717) is 0 Å². The molecular formula is H12O16P4Si3. The summed E-state index contributed by atoms with van der Waals surface area (Å²) in [4.78, 5) is 86.2. The molecular weight excluding hydrogens is 464 g/mol. The summed E-state index contributed by atoms with van der Waals surface area (Å²) in [6.45, 7) is 0.